The third kappa shape index (κ3) is 2.74. The van der Waals surface area contributed by atoms with Gasteiger partial charge in [0, 0.05) is 10.7 Å². The van der Waals surface area contributed by atoms with Crippen molar-refractivity contribution < 1.29 is 4.21 Å². The van der Waals surface area contributed by atoms with Crippen LogP contribution < -0.4 is 5.73 Å². The van der Waals surface area contributed by atoms with Gasteiger partial charge >= 0.3 is 0 Å². The molecule has 2 N–H and O–H groups in total. The maximum absolute atomic E-state index is 12.5. The highest BCUT2D eigenvalue weighted by atomic mass is 35.5. The Labute approximate surface area is 126 Å². The molecule has 4 heteroatoms. The molecular formula is C16H16ClNOS. The predicted octanol–water partition coefficient (Wildman–Crippen LogP) is 3.72. The lowest BCUT2D eigenvalue weighted by molar-refractivity contribution is 0.683. The lowest BCUT2D eigenvalue weighted by atomic mass is 10.1. The summed E-state index contributed by atoms with van der Waals surface area (Å²) in [5.41, 5.74) is 10.4. The molecule has 0 heterocycles. The van der Waals surface area contributed by atoms with E-state index in [0.717, 1.165) is 12.0 Å². The number of nitrogen functional groups attached to an aromatic ring is 1. The van der Waals surface area contributed by atoms with E-state index < -0.39 is 10.8 Å². The van der Waals surface area contributed by atoms with Crippen molar-refractivity contribution in [3.63, 3.8) is 0 Å². The van der Waals surface area contributed by atoms with Gasteiger partial charge in [-0.15, -0.1) is 0 Å². The summed E-state index contributed by atoms with van der Waals surface area (Å²) in [7, 11) is -1.16. The van der Waals surface area contributed by atoms with Gasteiger partial charge in [-0.3, -0.25) is 4.21 Å². The van der Waals surface area contributed by atoms with E-state index in [1.807, 2.05) is 0 Å². The van der Waals surface area contributed by atoms with Crippen molar-refractivity contribution in [1.82, 2.24) is 0 Å². The van der Waals surface area contributed by atoms with Crippen molar-refractivity contribution in [2.24, 2.45) is 0 Å². The number of fused-ring (bicyclic) bond motifs is 1. The predicted molar refractivity (Wildman–Crippen MR) is 84.4 cm³/mol. The van der Waals surface area contributed by atoms with Crippen LogP contribution in [0.5, 0.6) is 0 Å². The minimum atomic E-state index is -1.16. The highest BCUT2D eigenvalue weighted by Gasteiger charge is 2.14. The second-order valence-corrected chi connectivity index (χ2v) is 6.98. The van der Waals surface area contributed by atoms with Crippen molar-refractivity contribution >= 4 is 28.1 Å². The number of anilines is 1. The molecule has 0 radical (unpaired) electrons. The van der Waals surface area contributed by atoms with E-state index in [1.165, 1.54) is 24.0 Å². The fourth-order valence-electron chi connectivity index (χ4n) is 2.65. The summed E-state index contributed by atoms with van der Waals surface area (Å²) >= 11 is 5.95. The van der Waals surface area contributed by atoms with E-state index in [1.54, 1.807) is 18.2 Å². The highest BCUT2D eigenvalue weighted by molar-refractivity contribution is 7.84. The average molecular weight is 306 g/mol. The summed E-state index contributed by atoms with van der Waals surface area (Å²) in [4.78, 5) is 0.623. The number of rotatable bonds is 3. The van der Waals surface area contributed by atoms with Crippen LogP contribution in [0.3, 0.4) is 0 Å². The summed E-state index contributed by atoms with van der Waals surface area (Å²) in [5.74, 6) is 0.484. The smallest absolute Gasteiger partial charge is 0.0635 e. The van der Waals surface area contributed by atoms with E-state index in [9.17, 15) is 4.21 Å². The quantitative estimate of drug-likeness (QED) is 0.878. The first-order chi connectivity index (χ1) is 9.63. The van der Waals surface area contributed by atoms with Gasteiger partial charge < -0.3 is 5.73 Å². The Hall–Kier alpha value is -1.32. The standard InChI is InChI=1S/C16H16ClNOS/c17-14-6-7-15(18)16(9-14)20(19)10-11-4-5-12-2-1-3-13(12)8-11/h4-9H,1-3,10,18H2. The first-order valence-corrected chi connectivity index (χ1v) is 8.37. The molecule has 2 nitrogen and oxygen atoms in total. The molecule has 3 rings (SSSR count). The molecule has 1 aliphatic carbocycles. The zero-order chi connectivity index (χ0) is 14.1. The molecule has 0 fully saturated rings. The molecule has 0 aliphatic heterocycles. The zero-order valence-electron chi connectivity index (χ0n) is 11.1. The number of hydrogen-bond acceptors (Lipinski definition) is 2. The van der Waals surface area contributed by atoms with E-state index in [-0.39, 0.29) is 0 Å². The average Bonchev–Trinajstić information content (AvgIpc) is 2.89. The second-order valence-electron chi connectivity index (χ2n) is 5.13. The monoisotopic (exact) mass is 305 g/mol. The first kappa shape index (κ1) is 13.7. The summed E-state index contributed by atoms with van der Waals surface area (Å²) < 4.78 is 12.5. The van der Waals surface area contributed by atoms with Gasteiger partial charge in [-0.2, -0.15) is 0 Å². The van der Waals surface area contributed by atoms with Crippen LogP contribution in [0.4, 0.5) is 5.69 Å². The summed E-state index contributed by atoms with van der Waals surface area (Å²) in [6.07, 6.45) is 3.53. The van der Waals surface area contributed by atoms with E-state index in [0.29, 0.717) is 21.4 Å². The van der Waals surface area contributed by atoms with Crippen LogP contribution >= 0.6 is 11.6 Å². The Balaban J connectivity index is 1.84. The lowest BCUT2D eigenvalue weighted by Crippen LogP contribution is -2.01. The van der Waals surface area contributed by atoms with Gasteiger partial charge in [0.1, 0.15) is 0 Å². The van der Waals surface area contributed by atoms with Gasteiger partial charge in [-0.1, -0.05) is 29.8 Å². The van der Waals surface area contributed by atoms with Crippen LogP contribution in [0.1, 0.15) is 23.1 Å². The summed E-state index contributed by atoms with van der Waals surface area (Å²) in [5, 5.41) is 0.566. The van der Waals surface area contributed by atoms with Gasteiger partial charge in [0.05, 0.1) is 21.4 Å². The molecule has 0 spiro atoms. The second kappa shape index (κ2) is 5.58. The number of hydrogen-bond donors (Lipinski definition) is 1. The van der Waals surface area contributed by atoms with Crippen molar-refractivity contribution in [2.75, 3.05) is 5.73 Å². The maximum atomic E-state index is 12.5. The molecule has 1 atom stereocenters. The fraction of sp³-hybridized carbons (Fsp3) is 0.250. The van der Waals surface area contributed by atoms with Gasteiger partial charge in [-0.25, -0.2) is 0 Å². The van der Waals surface area contributed by atoms with Crippen molar-refractivity contribution in [3.05, 3.63) is 58.1 Å². The van der Waals surface area contributed by atoms with Crippen molar-refractivity contribution in [3.8, 4) is 0 Å². The van der Waals surface area contributed by atoms with Gasteiger partial charge in [-0.05, 0) is 54.2 Å². The molecule has 0 aromatic heterocycles. The molecule has 20 heavy (non-hydrogen) atoms. The molecule has 104 valence electrons. The number of halogens is 1. The van der Waals surface area contributed by atoms with Crippen LogP contribution in [0.25, 0.3) is 0 Å². The highest BCUT2D eigenvalue weighted by Crippen LogP contribution is 2.26. The molecule has 2 aromatic carbocycles. The number of aryl methyl sites for hydroxylation is 2. The lowest BCUT2D eigenvalue weighted by Gasteiger charge is -2.08. The van der Waals surface area contributed by atoms with Crippen LogP contribution in [-0.4, -0.2) is 4.21 Å². The topological polar surface area (TPSA) is 43.1 Å². The molecular weight excluding hydrogens is 290 g/mol. The Kier molecular flexibility index (Phi) is 3.81. The SMILES string of the molecule is Nc1ccc(Cl)cc1S(=O)Cc1ccc2c(c1)CCC2. The zero-order valence-corrected chi connectivity index (χ0v) is 12.6. The third-order valence-electron chi connectivity index (χ3n) is 3.68. The molecule has 1 unspecified atom stereocenters. The molecule has 0 saturated heterocycles. The third-order valence-corrected chi connectivity index (χ3v) is 5.36. The van der Waals surface area contributed by atoms with E-state index in [2.05, 4.69) is 18.2 Å². The Morgan fingerprint density at radius 3 is 2.75 bits per heavy atom. The number of benzene rings is 2. The maximum Gasteiger partial charge on any atom is 0.0635 e. The Morgan fingerprint density at radius 1 is 1.10 bits per heavy atom. The molecule has 0 saturated carbocycles. The van der Waals surface area contributed by atoms with E-state index >= 15 is 0 Å². The molecule has 1 aliphatic rings. The normalized spacial score (nSPS) is 15.1. The van der Waals surface area contributed by atoms with Crippen molar-refractivity contribution in [1.29, 1.82) is 0 Å². The fourth-order valence-corrected chi connectivity index (χ4v) is 4.11. The van der Waals surface area contributed by atoms with Gasteiger partial charge in [0.2, 0.25) is 0 Å². The molecule has 2 aromatic rings. The largest absolute Gasteiger partial charge is 0.398 e. The van der Waals surface area contributed by atoms with Gasteiger partial charge in [0.15, 0.2) is 0 Å². The Bertz CT molecular complexity index is 684. The van der Waals surface area contributed by atoms with Crippen LogP contribution in [-0.2, 0) is 29.4 Å². The minimum absolute atomic E-state index is 0.484. The van der Waals surface area contributed by atoms with E-state index in [4.69, 9.17) is 17.3 Å². The Morgan fingerprint density at radius 2 is 1.90 bits per heavy atom. The number of nitrogens with two attached hydrogens (primary N) is 1. The van der Waals surface area contributed by atoms with Gasteiger partial charge in [0.25, 0.3) is 0 Å². The first-order valence-electron chi connectivity index (χ1n) is 6.67. The van der Waals surface area contributed by atoms with Crippen LogP contribution in [0.15, 0.2) is 41.3 Å². The summed E-state index contributed by atoms with van der Waals surface area (Å²) in [6, 6.07) is 11.5. The summed E-state index contributed by atoms with van der Waals surface area (Å²) in [6.45, 7) is 0. The minimum Gasteiger partial charge on any atom is -0.398 e. The van der Waals surface area contributed by atoms with Crippen LogP contribution in [0.2, 0.25) is 5.02 Å². The molecule has 0 bridgehead atoms. The van der Waals surface area contributed by atoms with Crippen molar-refractivity contribution in [2.45, 2.75) is 29.9 Å². The molecule has 0 amide bonds. The van der Waals surface area contributed by atoms with Crippen LogP contribution in [0, 0.1) is 0 Å².